The zero-order chi connectivity index (χ0) is 11.5. The molecule has 0 atom stereocenters. The lowest BCUT2D eigenvalue weighted by molar-refractivity contribution is 0.0913. The van der Waals surface area contributed by atoms with E-state index < -0.39 is 0 Å². The van der Waals surface area contributed by atoms with Crippen molar-refractivity contribution < 1.29 is 4.79 Å². The number of nitrogens with zero attached hydrogens (tertiary/aromatic N) is 2. The summed E-state index contributed by atoms with van der Waals surface area (Å²) in [6, 6.07) is 1.89. The molecule has 1 aromatic rings. The van der Waals surface area contributed by atoms with Crippen LogP contribution in [0.4, 0.5) is 5.00 Å². The Kier molecular flexibility index (Phi) is 3.40. The summed E-state index contributed by atoms with van der Waals surface area (Å²) in [4.78, 5) is 14.0. The Balaban J connectivity index is 1.88. The van der Waals surface area contributed by atoms with Gasteiger partial charge in [-0.1, -0.05) is 0 Å². The zero-order valence-electron chi connectivity index (χ0n) is 9.27. The molecule has 1 fully saturated rings. The monoisotopic (exact) mass is 240 g/mol. The van der Waals surface area contributed by atoms with E-state index in [1.165, 1.54) is 0 Å². The number of piperidine rings is 1. The summed E-state index contributed by atoms with van der Waals surface area (Å²) in [6.45, 7) is 2.06. The van der Waals surface area contributed by atoms with Crippen molar-refractivity contribution in [2.75, 3.05) is 25.9 Å². The summed E-state index contributed by atoms with van der Waals surface area (Å²) in [7, 11) is 2.10. The van der Waals surface area contributed by atoms with Gasteiger partial charge in [-0.15, -0.1) is 0 Å². The average molecular weight is 240 g/mol. The molecule has 2 rings (SSSR count). The number of amides is 1. The smallest absolute Gasteiger partial charge is 0.271 e. The lowest BCUT2D eigenvalue weighted by Crippen LogP contribution is -2.43. The predicted molar refractivity (Wildman–Crippen MR) is 64.5 cm³/mol. The van der Waals surface area contributed by atoms with E-state index in [0.717, 1.165) is 37.5 Å². The van der Waals surface area contributed by atoms with Gasteiger partial charge in [0.05, 0.1) is 0 Å². The minimum Gasteiger partial charge on any atom is -0.389 e. The van der Waals surface area contributed by atoms with Crippen molar-refractivity contribution in [2.45, 2.75) is 18.9 Å². The molecule has 1 aliphatic rings. The van der Waals surface area contributed by atoms with Gasteiger partial charge in [-0.05, 0) is 44.5 Å². The Hall–Kier alpha value is -1.14. The van der Waals surface area contributed by atoms with Gasteiger partial charge in [-0.2, -0.15) is 4.37 Å². The molecule has 1 aliphatic heterocycles. The second kappa shape index (κ2) is 4.80. The molecule has 1 aromatic heterocycles. The second-order valence-electron chi connectivity index (χ2n) is 4.17. The van der Waals surface area contributed by atoms with Gasteiger partial charge in [0.15, 0.2) is 0 Å². The molecule has 0 spiro atoms. The number of hydrogen-bond donors (Lipinski definition) is 2. The first kappa shape index (κ1) is 11.3. The van der Waals surface area contributed by atoms with Crippen molar-refractivity contribution in [2.24, 2.45) is 0 Å². The number of nitrogens with two attached hydrogens (primary N) is 1. The Labute approximate surface area is 98.8 Å². The van der Waals surface area contributed by atoms with E-state index in [-0.39, 0.29) is 11.9 Å². The van der Waals surface area contributed by atoms with Gasteiger partial charge in [0.2, 0.25) is 0 Å². The zero-order valence-corrected chi connectivity index (χ0v) is 10.1. The summed E-state index contributed by atoms with van der Waals surface area (Å²) in [5, 5.41) is 3.57. The van der Waals surface area contributed by atoms with E-state index in [9.17, 15) is 4.79 Å². The molecule has 0 bridgehead atoms. The molecule has 0 unspecified atom stereocenters. The van der Waals surface area contributed by atoms with Crippen LogP contribution in [-0.2, 0) is 0 Å². The molecule has 0 aromatic carbocycles. The van der Waals surface area contributed by atoms with Crippen LogP contribution in [0, 0.1) is 0 Å². The van der Waals surface area contributed by atoms with Crippen LogP contribution in [0.25, 0.3) is 0 Å². The van der Waals surface area contributed by atoms with Crippen LogP contribution >= 0.6 is 11.5 Å². The van der Waals surface area contributed by atoms with Gasteiger partial charge in [0.1, 0.15) is 10.7 Å². The summed E-state index contributed by atoms with van der Waals surface area (Å²) in [5.41, 5.74) is 5.97. The Morgan fingerprint density at radius 1 is 1.62 bits per heavy atom. The van der Waals surface area contributed by atoms with Gasteiger partial charge in [0.25, 0.3) is 5.91 Å². The number of carbonyl (C=O) groups is 1. The van der Waals surface area contributed by atoms with Crippen molar-refractivity contribution >= 4 is 22.4 Å². The number of nitrogens with one attached hydrogen (secondary N) is 1. The fraction of sp³-hybridized carbons (Fsp3) is 0.600. The van der Waals surface area contributed by atoms with E-state index in [2.05, 4.69) is 21.6 Å². The number of nitrogen functional groups attached to an aromatic ring is 1. The molecule has 0 aliphatic carbocycles. The molecule has 0 saturated carbocycles. The quantitative estimate of drug-likeness (QED) is 0.792. The van der Waals surface area contributed by atoms with Crippen LogP contribution in [0.3, 0.4) is 0 Å². The third-order valence-electron chi connectivity index (χ3n) is 2.81. The molecule has 1 amide bonds. The normalized spacial score (nSPS) is 18.6. The summed E-state index contributed by atoms with van der Waals surface area (Å²) in [5.74, 6) is -0.109. The Bertz CT molecular complexity index is 371. The number of carbonyl (C=O) groups excluding carboxylic acids is 1. The highest BCUT2D eigenvalue weighted by Gasteiger charge is 2.20. The molecule has 5 nitrogen and oxygen atoms in total. The van der Waals surface area contributed by atoms with Crippen molar-refractivity contribution in [3.8, 4) is 0 Å². The van der Waals surface area contributed by atoms with Crippen molar-refractivity contribution in [1.82, 2.24) is 14.6 Å². The Morgan fingerprint density at radius 3 is 2.88 bits per heavy atom. The van der Waals surface area contributed by atoms with Gasteiger partial charge in [-0.3, -0.25) is 4.79 Å². The van der Waals surface area contributed by atoms with Crippen LogP contribution in [0.5, 0.6) is 0 Å². The maximum Gasteiger partial charge on any atom is 0.271 e. The number of anilines is 1. The average Bonchev–Trinajstić information content (AvgIpc) is 2.68. The summed E-state index contributed by atoms with van der Waals surface area (Å²) in [6.07, 6.45) is 2.00. The number of aromatic nitrogens is 1. The summed E-state index contributed by atoms with van der Waals surface area (Å²) >= 11 is 1.15. The van der Waals surface area contributed by atoms with Crippen molar-refractivity contribution in [3.05, 3.63) is 11.8 Å². The van der Waals surface area contributed by atoms with Crippen LogP contribution in [-0.4, -0.2) is 41.4 Å². The maximum atomic E-state index is 11.8. The molecule has 3 N–H and O–H groups in total. The molecule has 1 saturated heterocycles. The topological polar surface area (TPSA) is 71.2 Å². The standard InChI is InChI=1S/C10H16N4OS/c1-14-4-2-7(3-5-14)12-10(15)8-6-9(11)16-13-8/h6-7H,2-5,11H2,1H3,(H,12,15). The van der Waals surface area contributed by atoms with Gasteiger partial charge < -0.3 is 16.0 Å². The highest BCUT2D eigenvalue weighted by Crippen LogP contribution is 2.13. The predicted octanol–water partition coefficient (Wildman–Crippen LogP) is 0.549. The van der Waals surface area contributed by atoms with Gasteiger partial charge in [-0.25, -0.2) is 0 Å². The third kappa shape index (κ3) is 2.70. The number of likely N-dealkylation sites (tertiary alicyclic amines) is 1. The second-order valence-corrected chi connectivity index (χ2v) is 5.00. The maximum absolute atomic E-state index is 11.8. The first-order valence-electron chi connectivity index (χ1n) is 5.37. The number of hydrogen-bond acceptors (Lipinski definition) is 5. The van der Waals surface area contributed by atoms with E-state index in [4.69, 9.17) is 5.73 Å². The van der Waals surface area contributed by atoms with Crippen LogP contribution in [0.1, 0.15) is 23.3 Å². The first-order chi connectivity index (χ1) is 7.65. The third-order valence-corrected chi connectivity index (χ3v) is 3.43. The lowest BCUT2D eigenvalue weighted by Gasteiger charge is -2.29. The van der Waals surface area contributed by atoms with Crippen molar-refractivity contribution in [3.63, 3.8) is 0 Å². The molecule has 2 heterocycles. The minimum absolute atomic E-state index is 0.109. The molecule has 6 heteroatoms. The minimum atomic E-state index is -0.109. The molecule has 16 heavy (non-hydrogen) atoms. The van der Waals surface area contributed by atoms with Crippen molar-refractivity contribution in [1.29, 1.82) is 0 Å². The fourth-order valence-electron chi connectivity index (χ4n) is 1.81. The first-order valence-corrected chi connectivity index (χ1v) is 6.14. The van der Waals surface area contributed by atoms with Gasteiger partial charge >= 0.3 is 0 Å². The molecular formula is C10H16N4OS. The Morgan fingerprint density at radius 2 is 2.31 bits per heavy atom. The van der Waals surface area contributed by atoms with Crippen LogP contribution in [0.15, 0.2) is 6.07 Å². The highest BCUT2D eigenvalue weighted by atomic mass is 32.1. The SMILES string of the molecule is CN1CCC(NC(=O)c2cc(N)sn2)CC1. The lowest BCUT2D eigenvalue weighted by atomic mass is 10.1. The van der Waals surface area contributed by atoms with E-state index in [0.29, 0.717) is 10.7 Å². The van der Waals surface area contributed by atoms with E-state index in [1.54, 1.807) is 6.07 Å². The largest absolute Gasteiger partial charge is 0.389 e. The summed E-state index contributed by atoms with van der Waals surface area (Å²) < 4.78 is 3.99. The van der Waals surface area contributed by atoms with E-state index >= 15 is 0 Å². The fourth-order valence-corrected chi connectivity index (χ4v) is 2.31. The van der Waals surface area contributed by atoms with Gasteiger partial charge in [0, 0.05) is 12.1 Å². The molecule has 88 valence electrons. The van der Waals surface area contributed by atoms with Crippen LogP contribution < -0.4 is 11.1 Å². The molecule has 0 radical (unpaired) electrons. The molecular weight excluding hydrogens is 224 g/mol. The highest BCUT2D eigenvalue weighted by molar-refractivity contribution is 7.10. The van der Waals surface area contributed by atoms with E-state index in [1.807, 2.05) is 0 Å². The number of rotatable bonds is 2. The van der Waals surface area contributed by atoms with Crippen LogP contribution in [0.2, 0.25) is 0 Å².